The average Bonchev–Trinajstić information content (AvgIpc) is 2.66. The van der Waals surface area contributed by atoms with Gasteiger partial charge in [0.25, 0.3) is 15.9 Å². The van der Waals surface area contributed by atoms with Crippen molar-refractivity contribution in [3.05, 3.63) is 60.2 Å². The molecule has 0 aliphatic carbocycles. The highest BCUT2D eigenvalue weighted by Gasteiger charge is 2.28. The summed E-state index contributed by atoms with van der Waals surface area (Å²) in [5.74, 6) is -0.932. The molecule has 158 valence electrons. The van der Waals surface area contributed by atoms with Crippen molar-refractivity contribution in [2.75, 3.05) is 38.0 Å². The van der Waals surface area contributed by atoms with Crippen LogP contribution in [0.25, 0.3) is 0 Å². The Labute approximate surface area is 168 Å². The standard InChI is InChI=1S/C19H22F3N3O3S/c1-24(2)12-13-25(16-6-4-3-5-7-16)29(27,28)17-10-8-15(9-11-17)18(26)23-14-19(20,21)22/h3-11H,12-14H2,1-2H3,(H,23,26). The van der Waals surface area contributed by atoms with E-state index in [9.17, 15) is 26.4 Å². The van der Waals surface area contributed by atoms with Gasteiger partial charge in [-0.1, -0.05) is 18.2 Å². The van der Waals surface area contributed by atoms with Crippen molar-refractivity contribution in [2.45, 2.75) is 11.1 Å². The van der Waals surface area contributed by atoms with Crippen molar-refractivity contribution in [1.29, 1.82) is 0 Å². The van der Waals surface area contributed by atoms with Crippen LogP contribution in [0.5, 0.6) is 0 Å². The quantitative estimate of drug-likeness (QED) is 0.701. The fourth-order valence-corrected chi connectivity index (χ4v) is 3.92. The molecule has 0 aliphatic rings. The number of sulfonamides is 1. The fraction of sp³-hybridized carbons (Fsp3) is 0.316. The van der Waals surface area contributed by atoms with Crippen LogP contribution in [0.2, 0.25) is 0 Å². The molecular formula is C19H22F3N3O3S. The number of rotatable bonds is 8. The molecule has 0 unspecified atom stereocenters. The third-order valence-corrected chi connectivity index (χ3v) is 5.79. The van der Waals surface area contributed by atoms with E-state index in [1.807, 2.05) is 19.0 Å². The first-order valence-corrected chi connectivity index (χ1v) is 10.1. The Kier molecular flexibility index (Phi) is 7.26. The molecule has 0 aliphatic heterocycles. The van der Waals surface area contributed by atoms with Gasteiger partial charge >= 0.3 is 6.18 Å². The lowest BCUT2D eigenvalue weighted by Gasteiger charge is -2.26. The highest BCUT2D eigenvalue weighted by molar-refractivity contribution is 7.92. The number of hydrogen-bond acceptors (Lipinski definition) is 4. The van der Waals surface area contributed by atoms with Gasteiger partial charge < -0.3 is 10.2 Å². The van der Waals surface area contributed by atoms with E-state index in [2.05, 4.69) is 0 Å². The maximum atomic E-state index is 13.1. The molecule has 0 saturated carbocycles. The average molecular weight is 429 g/mol. The zero-order chi connectivity index (χ0) is 21.7. The van der Waals surface area contributed by atoms with E-state index >= 15 is 0 Å². The number of benzene rings is 2. The minimum Gasteiger partial charge on any atom is -0.343 e. The predicted molar refractivity (Wildman–Crippen MR) is 104 cm³/mol. The predicted octanol–water partition coefficient (Wildman–Crippen LogP) is 2.74. The van der Waals surface area contributed by atoms with E-state index in [4.69, 9.17) is 0 Å². The summed E-state index contributed by atoms with van der Waals surface area (Å²) in [6.07, 6.45) is -4.53. The highest BCUT2D eigenvalue weighted by Crippen LogP contribution is 2.23. The second-order valence-corrected chi connectivity index (χ2v) is 8.40. The number of amides is 1. The zero-order valence-electron chi connectivity index (χ0n) is 16.0. The van der Waals surface area contributed by atoms with Gasteiger partial charge in [0.1, 0.15) is 6.54 Å². The molecule has 2 rings (SSSR count). The summed E-state index contributed by atoms with van der Waals surface area (Å²) in [6.45, 7) is -0.780. The number of hydrogen-bond donors (Lipinski definition) is 1. The van der Waals surface area contributed by atoms with Crippen LogP contribution in [0.4, 0.5) is 18.9 Å². The Hall–Kier alpha value is -2.59. The van der Waals surface area contributed by atoms with Gasteiger partial charge in [0.05, 0.1) is 10.6 Å². The van der Waals surface area contributed by atoms with Crippen LogP contribution in [0, 0.1) is 0 Å². The van der Waals surface area contributed by atoms with Crippen molar-refractivity contribution in [1.82, 2.24) is 10.2 Å². The van der Waals surface area contributed by atoms with Gasteiger partial charge in [-0.05, 0) is 50.5 Å². The number of likely N-dealkylation sites (N-methyl/N-ethyl adjacent to an activating group) is 1. The highest BCUT2D eigenvalue weighted by atomic mass is 32.2. The van der Waals surface area contributed by atoms with E-state index in [-0.39, 0.29) is 17.0 Å². The topological polar surface area (TPSA) is 69.7 Å². The number of carbonyl (C=O) groups excluding carboxylic acids is 1. The van der Waals surface area contributed by atoms with Crippen molar-refractivity contribution in [2.24, 2.45) is 0 Å². The molecule has 0 aromatic heterocycles. The molecule has 6 nitrogen and oxygen atoms in total. The molecule has 2 aromatic carbocycles. The van der Waals surface area contributed by atoms with Gasteiger partial charge in [0.2, 0.25) is 0 Å². The van der Waals surface area contributed by atoms with E-state index < -0.39 is 28.7 Å². The van der Waals surface area contributed by atoms with Gasteiger partial charge in [-0.3, -0.25) is 9.10 Å². The number of carbonyl (C=O) groups is 1. The molecule has 10 heteroatoms. The Morgan fingerprint density at radius 1 is 0.966 bits per heavy atom. The van der Waals surface area contributed by atoms with Crippen LogP contribution in [0.1, 0.15) is 10.4 Å². The third kappa shape index (κ3) is 6.47. The SMILES string of the molecule is CN(C)CCN(c1ccccc1)S(=O)(=O)c1ccc(C(=O)NCC(F)(F)F)cc1. The largest absolute Gasteiger partial charge is 0.405 e. The van der Waals surface area contributed by atoms with Crippen LogP contribution < -0.4 is 9.62 Å². The Balaban J connectivity index is 2.26. The smallest absolute Gasteiger partial charge is 0.343 e. The lowest BCUT2D eigenvalue weighted by atomic mass is 10.2. The number of halogens is 3. The van der Waals surface area contributed by atoms with Gasteiger partial charge in [0, 0.05) is 18.7 Å². The zero-order valence-corrected chi connectivity index (χ0v) is 16.8. The first kappa shape index (κ1) is 22.7. The summed E-state index contributed by atoms with van der Waals surface area (Å²) in [5, 5.41) is 1.75. The third-order valence-electron chi connectivity index (χ3n) is 3.95. The van der Waals surface area contributed by atoms with Crippen LogP contribution >= 0.6 is 0 Å². The molecule has 0 radical (unpaired) electrons. The fourth-order valence-electron chi connectivity index (χ4n) is 2.46. The summed E-state index contributed by atoms with van der Waals surface area (Å²) in [5.41, 5.74) is 0.425. The molecule has 0 bridgehead atoms. The summed E-state index contributed by atoms with van der Waals surface area (Å²) >= 11 is 0. The molecular weight excluding hydrogens is 407 g/mol. The van der Waals surface area contributed by atoms with Crippen molar-refractivity contribution >= 4 is 21.6 Å². The Morgan fingerprint density at radius 2 is 1.55 bits per heavy atom. The second-order valence-electron chi connectivity index (χ2n) is 6.54. The molecule has 0 saturated heterocycles. The molecule has 29 heavy (non-hydrogen) atoms. The number of nitrogens with one attached hydrogen (secondary N) is 1. The maximum absolute atomic E-state index is 13.1. The van der Waals surface area contributed by atoms with Crippen LogP contribution in [-0.2, 0) is 10.0 Å². The van der Waals surface area contributed by atoms with E-state index in [1.165, 1.54) is 28.6 Å². The van der Waals surface area contributed by atoms with E-state index in [1.54, 1.807) is 35.6 Å². The second kappa shape index (κ2) is 9.27. The Morgan fingerprint density at radius 3 is 2.07 bits per heavy atom. The summed E-state index contributed by atoms with van der Waals surface area (Å²) in [7, 11) is -0.286. The summed E-state index contributed by atoms with van der Waals surface area (Å²) in [6, 6.07) is 13.4. The van der Waals surface area contributed by atoms with Gasteiger partial charge in [-0.25, -0.2) is 8.42 Å². The summed E-state index contributed by atoms with van der Waals surface area (Å²) in [4.78, 5) is 13.6. The molecule has 0 atom stereocenters. The molecule has 0 spiro atoms. The number of anilines is 1. The molecule has 2 aromatic rings. The lowest BCUT2D eigenvalue weighted by molar-refractivity contribution is -0.123. The van der Waals surface area contributed by atoms with Crippen LogP contribution in [-0.4, -0.2) is 59.1 Å². The lowest BCUT2D eigenvalue weighted by Crippen LogP contribution is -2.37. The first-order chi connectivity index (χ1) is 13.5. The minimum absolute atomic E-state index is 0.0623. The van der Waals surface area contributed by atoms with Gasteiger partial charge in [-0.15, -0.1) is 0 Å². The van der Waals surface area contributed by atoms with Crippen LogP contribution in [0.3, 0.4) is 0 Å². The van der Waals surface area contributed by atoms with E-state index in [0.717, 1.165) is 0 Å². The summed E-state index contributed by atoms with van der Waals surface area (Å²) < 4.78 is 64.2. The normalized spacial score (nSPS) is 12.1. The van der Waals surface area contributed by atoms with Crippen LogP contribution in [0.15, 0.2) is 59.5 Å². The molecule has 0 fully saturated rings. The number of para-hydroxylation sites is 1. The molecule has 1 N–H and O–H groups in total. The van der Waals surface area contributed by atoms with Gasteiger partial charge in [-0.2, -0.15) is 13.2 Å². The van der Waals surface area contributed by atoms with Crippen molar-refractivity contribution in [3.8, 4) is 0 Å². The van der Waals surface area contributed by atoms with E-state index in [0.29, 0.717) is 12.2 Å². The number of nitrogens with zero attached hydrogens (tertiary/aromatic N) is 2. The molecule has 0 heterocycles. The first-order valence-electron chi connectivity index (χ1n) is 8.68. The minimum atomic E-state index is -4.53. The monoisotopic (exact) mass is 429 g/mol. The maximum Gasteiger partial charge on any atom is 0.405 e. The Bertz CT molecular complexity index is 915. The molecule has 1 amide bonds. The van der Waals surface area contributed by atoms with Crippen molar-refractivity contribution < 1.29 is 26.4 Å². The van der Waals surface area contributed by atoms with Gasteiger partial charge in [0.15, 0.2) is 0 Å². The van der Waals surface area contributed by atoms with Crippen molar-refractivity contribution in [3.63, 3.8) is 0 Å². The number of alkyl halides is 3.